The fraction of sp³-hybridized carbons (Fsp3) is 0.583. The number of thiophene rings is 1. The van der Waals surface area contributed by atoms with Gasteiger partial charge in [0.25, 0.3) is 5.91 Å². The summed E-state index contributed by atoms with van der Waals surface area (Å²) in [5, 5.41) is 11.3. The number of aliphatic hydroxyl groups excluding tert-OH is 1. The third-order valence-corrected chi connectivity index (χ3v) is 4.88. The zero-order valence-corrected chi connectivity index (χ0v) is 12.1. The molecule has 5 heteroatoms. The quantitative estimate of drug-likeness (QED) is 0.911. The van der Waals surface area contributed by atoms with Gasteiger partial charge in [0.2, 0.25) is 0 Å². The highest BCUT2D eigenvalue weighted by atomic mass is 79.9. The van der Waals surface area contributed by atoms with Crippen molar-refractivity contribution in [3.63, 3.8) is 0 Å². The highest BCUT2D eigenvalue weighted by molar-refractivity contribution is 9.11. The molecule has 1 saturated heterocycles. The number of halogens is 1. The van der Waals surface area contributed by atoms with Crippen molar-refractivity contribution in [1.82, 2.24) is 4.90 Å². The van der Waals surface area contributed by atoms with E-state index in [9.17, 15) is 9.90 Å². The molecule has 0 spiro atoms. The van der Waals surface area contributed by atoms with Crippen molar-refractivity contribution in [2.75, 3.05) is 13.2 Å². The summed E-state index contributed by atoms with van der Waals surface area (Å²) in [6.45, 7) is 2.91. The Labute approximate surface area is 114 Å². The summed E-state index contributed by atoms with van der Waals surface area (Å²) in [5.74, 6) is 0.414. The van der Waals surface area contributed by atoms with Gasteiger partial charge < -0.3 is 10.0 Å². The highest BCUT2D eigenvalue weighted by Gasteiger charge is 2.31. The first-order valence-electron chi connectivity index (χ1n) is 5.79. The van der Waals surface area contributed by atoms with E-state index < -0.39 is 0 Å². The first-order valence-corrected chi connectivity index (χ1v) is 7.46. The number of aliphatic hydroxyl groups is 1. The van der Waals surface area contributed by atoms with Crippen LogP contribution in [0, 0.1) is 5.92 Å². The summed E-state index contributed by atoms with van der Waals surface area (Å²) >= 11 is 4.88. The standard InChI is InChI=1S/C12H16BrNO2S/c1-8-3-2-4-14(10(8)6-15)12(16)9-5-11(13)17-7-9/h5,7-8,10,15H,2-4,6H2,1H3. The minimum Gasteiger partial charge on any atom is -0.394 e. The van der Waals surface area contributed by atoms with E-state index in [4.69, 9.17) is 0 Å². The van der Waals surface area contributed by atoms with Crippen LogP contribution in [0.4, 0.5) is 0 Å². The van der Waals surface area contributed by atoms with Gasteiger partial charge in [0, 0.05) is 11.9 Å². The molecule has 0 aromatic carbocycles. The van der Waals surface area contributed by atoms with E-state index in [0.29, 0.717) is 5.92 Å². The van der Waals surface area contributed by atoms with Crippen molar-refractivity contribution < 1.29 is 9.90 Å². The number of amides is 1. The molecular weight excluding hydrogens is 302 g/mol. The second kappa shape index (κ2) is 5.50. The lowest BCUT2D eigenvalue weighted by Gasteiger charge is -2.38. The second-order valence-corrected chi connectivity index (χ2v) is 6.80. The van der Waals surface area contributed by atoms with Crippen LogP contribution >= 0.6 is 27.3 Å². The Kier molecular flexibility index (Phi) is 4.22. The number of rotatable bonds is 2. The summed E-state index contributed by atoms with van der Waals surface area (Å²) in [5.41, 5.74) is 0.717. The Morgan fingerprint density at radius 1 is 1.71 bits per heavy atom. The van der Waals surface area contributed by atoms with Gasteiger partial charge in [-0.3, -0.25) is 4.79 Å². The van der Waals surface area contributed by atoms with E-state index >= 15 is 0 Å². The van der Waals surface area contributed by atoms with Gasteiger partial charge in [-0.15, -0.1) is 11.3 Å². The van der Waals surface area contributed by atoms with Crippen molar-refractivity contribution in [3.8, 4) is 0 Å². The molecule has 0 saturated carbocycles. The number of hydrogen-bond acceptors (Lipinski definition) is 3. The van der Waals surface area contributed by atoms with Crippen LogP contribution < -0.4 is 0 Å². The fourth-order valence-corrected chi connectivity index (χ4v) is 3.50. The average Bonchev–Trinajstić information content (AvgIpc) is 2.74. The van der Waals surface area contributed by atoms with Crippen molar-refractivity contribution >= 4 is 33.2 Å². The number of nitrogens with zero attached hydrogens (tertiary/aromatic N) is 1. The van der Waals surface area contributed by atoms with Crippen molar-refractivity contribution in [1.29, 1.82) is 0 Å². The highest BCUT2D eigenvalue weighted by Crippen LogP contribution is 2.27. The van der Waals surface area contributed by atoms with E-state index in [1.807, 2.05) is 16.3 Å². The summed E-state index contributed by atoms with van der Waals surface area (Å²) < 4.78 is 0.964. The van der Waals surface area contributed by atoms with E-state index in [0.717, 1.165) is 28.7 Å². The van der Waals surface area contributed by atoms with Crippen LogP contribution in [-0.2, 0) is 0 Å². The molecule has 0 bridgehead atoms. The van der Waals surface area contributed by atoms with Crippen LogP contribution in [-0.4, -0.2) is 35.1 Å². The van der Waals surface area contributed by atoms with Crippen LogP contribution in [0.3, 0.4) is 0 Å². The molecule has 1 fully saturated rings. The molecule has 1 aromatic rings. The van der Waals surface area contributed by atoms with E-state index in [1.54, 1.807) is 0 Å². The third kappa shape index (κ3) is 2.72. The van der Waals surface area contributed by atoms with Gasteiger partial charge in [-0.2, -0.15) is 0 Å². The van der Waals surface area contributed by atoms with Crippen LogP contribution in [0.1, 0.15) is 30.1 Å². The van der Waals surface area contributed by atoms with Crippen molar-refractivity contribution in [2.45, 2.75) is 25.8 Å². The Bertz CT molecular complexity index is 407. The molecule has 1 N–H and O–H groups in total. The smallest absolute Gasteiger partial charge is 0.255 e. The summed E-state index contributed by atoms with van der Waals surface area (Å²) in [7, 11) is 0. The Hall–Kier alpha value is -0.390. The monoisotopic (exact) mass is 317 g/mol. The summed E-state index contributed by atoms with van der Waals surface area (Å²) in [4.78, 5) is 14.2. The molecule has 3 nitrogen and oxygen atoms in total. The van der Waals surface area contributed by atoms with Crippen LogP contribution in [0.5, 0.6) is 0 Å². The lowest BCUT2D eigenvalue weighted by Crippen LogP contribution is -2.49. The molecular formula is C12H16BrNO2S. The lowest BCUT2D eigenvalue weighted by molar-refractivity contribution is 0.0359. The predicted octanol–water partition coefficient (Wildman–Crippen LogP) is 2.74. The molecule has 0 aliphatic carbocycles. The Morgan fingerprint density at radius 2 is 2.47 bits per heavy atom. The van der Waals surface area contributed by atoms with E-state index in [-0.39, 0.29) is 18.6 Å². The average molecular weight is 318 g/mol. The van der Waals surface area contributed by atoms with Gasteiger partial charge >= 0.3 is 0 Å². The lowest BCUT2D eigenvalue weighted by atomic mass is 9.91. The van der Waals surface area contributed by atoms with Gasteiger partial charge in [0.1, 0.15) is 0 Å². The van der Waals surface area contributed by atoms with Crippen LogP contribution in [0.25, 0.3) is 0 Å². The molecule has 1 aliphatic heterocycles. The minimum atomic E-state index is -0.0325. The number of carbonyl (C=O) groups excluding carboxylic acids is 1. The number of carbonyl (C=O) groups is 1. The van der Waals surface area contributed by atoms with Gasteiger partial charge in [-0.1, -0.05) is 6.92 Å². The first-order chi connectivity index (χ1) is 8.13. The molecule has 17 heavy (non-hydrogen) atoms. The normalized spacial score (nSPS) is 25.0. The number of hydrogen-bond donors (Lipinski definition) is 1. The van der Waals surface area contributed by atoms with Crippen LogP contribution in [0.2, 0.25) is 0 Å². The first kappa shape index (κ1) is 13.1. The second-order valence-electron chi connectivity index (χ2n) is 4.51. The largest absolute Gasteiger partial charge is 0.394 e. The molecule has 2 rings (SSSR count). The maximum Gasteiger partial charge on any atom is 0.255 e. The number of likely N-dealkylation sites (tertiary alicyclic amines) is 1. The SMILES string of the molecule is CC1CCCN(C(=O)c2csc(Br)c2)C1CO. The van der Waals surface area contributed by atoms with Crippen molar-refractivity contribution in [3.05, 3.63) is 20.8 Å². The predicted molar refractivity (Wildman–Crippen MR) is 72.3 cm³/mol. The molecule has 2 atom stereocenters. The van der Waals surface area contributed by atoms with E-state index in [2.05, 4.69) is 22.9 Å². The van der Waals surface area contributed by atoms with Gasteiger partial charge in [-0.05, 0) is 40.8 Å². The van der Waals surface area contributed by atoms with Gasteiger partial charge in [0.15, 0.2) is 0 Å². The molecule has 2 heterocycles. The third-order valence-electron chi connectivity index (χ3n) is 3.38. The molecule has 1 amide bonds. The zero-order chi connectivity index (χ0) is 12.4. The molecule has 2 unspecified atom stereocenters. The maximum atomic E-state index is 12.3. The molecule has 1 aliphatic rings. The molecule has 0 radical (unpaired) electrons. The van der Waals surface area contributed by atoms with E-state index in [1.165, 1.54) is 11.3 Å². The van der Waals surface area contributed by atoms with Gasteiger partial charge in [-0.25, -0.2) is 0 Å². The van der Waals surface area contributed by atoms with Gasteiger partial charge in [0.05, 0.1) is 22.0 Å². The topological polar surface area (TPSA) is 40.5 Å². The maximum absolute atomic E-state index is 12.3. The Morgan fingerprint density at radius 3 is 3.06 bits per heavy atom. The fourth-order valence-electron chi connectivity index (χ4n) is 2.37. The molecule has 1 aromatic heterocycles. The summed E-state index contributed by atoms with van der Waals surface area (Å²) in [6.07, 6.45) is 2.11. The molecule has 94 valence electrons. The van der Waals surface area contributed by atoms with Crippen molar-refractivity contribution in [2.24, 2.45) is 5.92 Å². The Balaban J connectivity index is 2.17. The van der Waals surface area contributed by atoms with Crippen LogP contribution in [0.15, 0.2) is 15.2 Å². The number of piperidine rings is 1. The zero-order valence-electron chi connectivity index (χ0n) is 9.73. The summed E-state index contributed by atoms with van der Waals surface area (Å²) in [6, 6.07) is 1.82. The minimum absolute atomic E-state index is 0.0325.